The van der Waals surface area contributed by atoms with Crippen molar-refractivity contribution in [1.82, 2.24) is 5.32 Å². The number of carboxylic acid groups (broad SMARTS) is 1. The van der Waals surface area contributed by atoms with Gasteiger partial charge in [0.15, 0.2) is 6.04 Å². The number of phosphoric ester groups is 1. The molecule has 0 rings (SSSR count). The summed E-state index contributed by atoms with van der Waals surface area (Å²) in [7, 11) is -4.73. The molecule has 0 spiro atoms. The minimum atomic E-state index is -4.73. The van der Waals surface area contributed by atoms with Crippen molar-refractivity contribution in [3.8, 4) is 0 Å². The summed E-state index contributed by atoms with van der Waals surface area (Å²) in [5.41, 5.74) is 0. The van der Waals surface area contributed by atoms with Gasteiger partial charge in [0.2, 0.25) is 5.91 Å². The van der Waals surface area contributed by atoms with Crippen LogP contribution in [-0.4, -0.2) is 64.9 Å². The van der Waals surface area contributed by atoms with E-state index in [4.69, 9.17) is 4.74 Å². The molecule has 11 nitrogen and oxygen atoms in total. The van der Waals surface area contributed by atoms with Crippen molar-refractivity contribution in [3.05, 3.63) is 60.8 Å². The third-order valence-corrected chi connectivity index (χ3v) is 7.52. The number of carboxylic acids is 1. The second kappa shape index (κ2) is 30.5. The topological polar surface area (TPSA) is 169 Å². The van der Waals surface area contributed by atoms with Crippen LogP contribution in [0.25, 0.3) is 0 Å². The molecular weight excluding hydrogens is 625 g/mol. The number of hydrogen-bond acceptors (Lipinski definition) is 8. The molecule has 0 saturated heterocycles. The van der Waals surface area contributed by atoms with E-state index in [0.29, 0.717) is 12.8 Å². The number of allylic oxidation sites excluding steroid dienone is 10. The summed E-state index contributed by atoms with van der Waals surface area (Å²) < 4.78 is 26.3. The van der Waals surface area contributed by atoms with Gasteiger partial charge in [-0.15, -0.1) is 0 Å². The number of rotatable bonds is 30. The van der Waals surface area contributed by atoms with Gasteiger partial charge in [-0.1, -0.05) is 100 Å². The minimum Gasteiger partial charge on any atom is -0.480 e. The van der Waals surface area contributed by atoms with Crippen LogP contribution in [0.15, 0.2) is 60.8 Å². The van der Waals surface area contributed by atoms with Gasteiger partial charge in [0.1, 0.15) is 12.7 Å². The average Bonchev–Trinajstić information content (AvgIpc) is 3.04. The van der Waals surface area contributed by atoms with Crippen molar-refractivity contribution < 1.29 is 47.8 Å². The van der Waals surface area contributed by atoms with Crippen molar-refractivity contribution in [2.45, 2.75) is 122 Å². The summed E-state index contributed by atoms with van der Waals surface area (Å²) in [6, 6.07) is -1.54. The third-order valence-electron chi connectivity index (χ3n) is 6.57. The fourth-order valence-corrected chi connectivity index (χ4v) is 4.68. The molecule has 0 aliphatic rings. The fourth-order valence-electron chi connectivity index (χ4n) is 3.90. The molecule has 0 aromatic heterocycles. The standard InChI is InChI=1S/C35H58NO10P/c1-3-5-7-8-9-10-11-12-13-14-15-16-17-18-19-20-21-22-23-24-25-27-34(39)44-28-31(37)29-45-47(42,43)46-30-32(35(40)41)36-33(38)26-6-4-2/h5,7,9-10,12-13,15-16,18-19,31-32,37H,3-4,6,8,11,14,17,20-30H2,1-2H3,(H,36,38)(H,40,41)(H,42,43)/b7-5-,10-9-,13-12-,16-15-,19-18-. The van der Waals surface area contributed by atoms with Crippen molar-refractivity contribution in [2.24, 2.45) is 0 Å². The SMILES string of the molecule is CC/C=C\C/C=C\C/C=C\C/C=C\C/C=C\CCCCCCCC(=O)OCC(O)COP(=O)(O)OCC(NC(=O)CCCC)C(=O)O. The first-order chi connectivity index (χ1) is 22.6. The summed E-state index contributed by atoms with van der Waals surface area (Å²) in [6.45, 7) is 2.08. The largest absolute Gasteiger partial charge is 0.480 e. The number of carbonyl (C=O) groups is 3. The Morgan fingerprint density at radius 3 is 1.81 bits per heavy atom. The molecule has 0 aliphatic carbocycles. The van der Waals surface area contributed by atoms with E-state index < -0.39 is 57.6 Å². The second-order valence-electron chi connectivity index (χ2n) is 11.0. The van der Waals surface area contributed by atoms with E-state index >= 15 is 0 Å². The highest BCUT2D eigenvalue weighted by Crippen LogP contribution is 2.43. The Balaban J connectivity index is 3.86. The molecule has 47 heavy (non-hydrogen) atoms. The lowest BCUT2D eigenvalue weighted by Crippen LogP contribution is -2.43. The number of aliphatic hydroxyl groups is 1. The Bertz CT molecular complexity index is 1040. The van der Waals surface area contributed by atoms with Gasteiger partial charge < -0.3 is 25.2 Å². The normalized spacial score (nSPS) is 14.8. The lowest BCUT2D eigenvalue weighted by atomic mass is 10.1. The van der Waals surface area contributed by atoms with E-state index in [1.807, 2.05) is 6.92 Å². The van der Waals surface area contributed by atoms with E-state index in [1.54, 1.807) is 0 Å². The van der Waals surface area contributed by atoms with Gasteiger partial charge in [0, 0.05) is 12.8 Å². The van der Waals surface area contributed by atoms with Crippen molar-refractivity contribution in [3.63, 3.8) is 0 Å². The van der Waals surface area contributed by atoms with Crippen LogP contribution >= 0.6 is 7.82 Å². The first-order valence-electron chi connectivity index (χ1n) is 16.8. The van der Waals surface area contributed by atoms with Gasteiger partial charge >= 0.3 is 19.8 Å². The maximum Gasteiger partial charge on any atom is 0.472 e. The predicted molar refractivity (Wildman–Crippen MR) is 185 cm³/mol. The van der Waals surface area contributed by atoms with E-state index in [1.165, 1.54) is 0 Å². The molecule has 12 heteroatoms. The molecule has 0 heterocycles. The summed E-state index contributed by atoms with van der Waals surface area (Å²) in [5.74, 6) is -2.46. The number of phosphoric acid groups is 1. The monoisotopic (exact) mass is 683 g/mol. The van der Waals surface area contributed by atoms with E-state index in [0.717, 1.165) is 70.6 Å². The van der Waals surface area contributed by atoms with Crippen molar-refractivity contribution in [1.29, 1.82) is 0 Å². The van der Waals surface area contributed by atoms with E-state index in [2.05, 4.69) is 82.0 Å². The molecular formula is C35H58NO10P. The highest BCUT2D eigenvalue weighted by atomic mass is 31.2. The number of esters is 1. The van der Waals surface area contributed by atoms with Crippen molar-refractivity contribution >= 4 is 25.7 Å². The Morgan fingerprint density at radius 1 is 0.702 bits per heavy atom. The summed E-state index contributed by atoms with van der Waals surface area (Å²) >= 11 is 0. The Morgan fingerprint density at radius 2 is 1.23 bits per heavy atom. The second-order valence-corrected chi connectivity index (χ2v) is 12.4. The smallest absolute Gasteiger partial charge is 0.472 e. The van der Waals surface area contributed by atoms with Gasteiger partial charge in [-0.25, -0.2) is 9.36 Å². The molecule has 0 bridgehead atoms. The Kier molecular flexibility index (Phi) is 28.7. The van der Waals surface area contributed by atoms with Gasteiger partial charge in [-0.3, -0.25) is 18.6 Å². The molecule has 268 valence electrons. The number of amides is 1. The first-order valence-corrected chi connectivity index (χ1v) is 18.3. The van der Waals surface area contributed by atoms with Gasteiger partial charge in [0.25, 0.3) is 0 Å². The van der Waals surface area contributed by atoms with E-state index in [9.17, 15) is 34.1 Å². The fraction of sp³-hybridized carbons (Fsp3) is 0.629. The van der Waals surface area contributed by atoms with Crippen LogP contribution in [0.4, 0.5) is 0 Å². The number of ether oxygens (including phenoxy) is 1. The predicted octanol–water partition coefficient (Wildman–Crippen LogP) is 7.27. The number of aliphatic carboxylic acids is 1. The van der Waals surface area contributed by atoms with Gasteiger partial charge in [-0.2, -0.15) is 0 Å². The molecule has 3 unspecified atom stereocenters. The molecule has 0 aromatic carbocycles. The number of aliphatic hydroxyl groups excluding tert-OH is 1. The number of nitrogens with one attached hydrogen (secondary N) is 1. The zero-order valence-electron chi connectivity index (χ0n) is 28.3. The minimum absolute atomic E-state index is 0.116. The number of unbranched alkanes of at least 4 members (excludes halogenated alkanes) is 6. The molecule has 0 fully saturated rings. The van der Waals surface area contributed by atoms with Crippen LogP contribution < -0.4 is 5.32 Å². The highest BCUT2D eigenvalue weighted by molar-refractivity contribution is 7.47. The van der Waals surface area contributed by atoms with Gasteiger partial charge in [-0.05, 0) is 57.8 Å². The maximum atomic E-state index is 12.0. The van der Waals surface area contributed by atoms with Crippen LogP contribution in [0, 0.1) is 0 Å². The number of carbonyl (C=O) groups excluding carboxylic acids is 2. The molecule has 3 atom stereocenters. The van der Waals surface area contributed by atoms with Gasteiger partial charge in [0.05, 0.1) is 13.2 Å². The average molecular weight is 684 g/mol. The third kappa shape index (κ3) is 30.3. The zero-order chi connectivity index (χ0) is 35.0. The number of hydrogen-bond donors (Lipinski definition) is 4. The Labute approximate surface area is 281 Å². The molecule has 0 saturated carbocycles. The summed E-state index contributed by atoms with van der Waals surface area (Å²) in [5, 5.41) is 21.3. The molecule has 1 amide bonds. The highest BCUT2D eigenvalue weighted by Gasteiger charge is 2.28. The van der Waals surface area contributed by atoms with E-state index in [-0.39, 0.29) is 12.8 Å². The van der Waals surface area contributed by atoms with Crippen molar-refractivity contribution in [2.75, 3.05) is 19.8 Å². The summed E-state index contributed by atoms with van der Waals surface area (Å²) in [6.07, 6.45) is 32.8. The lowest BCUT2D eigenvalue weighted by Gasteiger charge is -2.18. The molecule has 0 aromatic rings. The van der Waals surface area contributed by atoms with Crippen LogP contribution in [0.1, 0.15) is 110 Å². The lowest BCUT2D eigenvalue weighted by molar-refractivity contribution is -0.147. The quantitative estimate of drug-likeness (QED) is 0.0262. The van der Waals surface area contributed by atoms with Crippen LogP contribution in [0.3, 0.4) is 0 Å². The van der Waals surface area contributed by atoms with Crippen LogP contribution in [-0.2, 0) is 32.7 Å². The zero-order valence-corrected chi connectivity index (χ0v) is 29.2. The van der Waals surface area contributed by atoms with Crippen LogP contribution in [0.5, 0.6) is 0 Å². The molecule has 0 aliphatic heterocycles. The molecule has 4 N–H and O–H groups in total. The summed E-state index contributed by atoms with van der Waals surface area (Å²) in [4.78, 5) is 44.7. The maximum absolute atomic E-state index is 12.0. The Hall–Kier alpha value is -2.82. The van der Waals surface area contributed by atoms with Crippen LogP contribution in [0.2, 0.25) is 0 Å². The first kappa shape index (κ1) is 44.2. The molecule has 0 radical (unpaired) electrons.